The monoisotopic (exact) mass is 304 g/mol. The Hall–Kier alpha value is -2.58. The Balaban J connectivity index is 2.13. The molecule has 2 heteroatoms. The van der Waals surface area contributed by atoms with Crippen molar-refractivity contribution in [2.75, 3.05) is 0 Å². The van der Waals surface area contributed by atoms with Crippen molar-refractivity contribution in [1.29, 1.82) is 0 Å². The Kier molecular flexibility index (Phi) is 4.45. The first-order valence-corrected chi connectivity index (χ1v) is 7.74. The first kappa shape index (κ1) is 15.3. The van der Waals surface area contributed by atoms with Gasteiger partial charge in [0.15, 0.2) is 0 Å². The van der Waals surface area contributed by atoms with E-state index >= 15 is 0 Å². The summed E-state index contributed by atoms with van der Waals surface area (Å²) in [6, 6.07) is 24.9. The van der Waals surface area contributed by atoms with E-state index in [1.54, 1.807) is 6.07 Å². The van der Waals surface area contributed by atoms with Crippen LogP contribution >= 0.6 is 0 Å². The molecule has 2 N–H and O–H groups in total. The highest BCUT2D eigenvalue weighted by Gasteiger charge is 2.26. The molecule has 116 valence electrons. The van der Waals surface area contributed by atoms with Crippen LogP contribution in [0.1, 0.15) is 34.3 Å². The first-order chi connectivity index (χ1) is 11.2. The molecule has 2 nitrogen and oxygen atoms in total. The molecule has 23 heavy (non-hydrogen) atoms. The Bertz CT molecular complexity index is 766. The lowest BCUT2D eigenvalue weighted by molar-refractivity contribution is 0.158. The van der Waals surface area contributed by atoms with E-state index in [4.69, 9.17) is 0 Å². The van der Waals surface area contributed by atoms with Crippen LogP contribution in [0.3, 0.4) is 0 Å². The molecule has 0 saturated heterocycles. The lowest BCUT2D eigenvalue weighted by atomic mass is 9.82. The second-order valence-electron chi connectivity index (χ2n) is 5.81. The standard InChI is InChI=1S/C21H20O2/c1-15-12-13-19(22)18(14-15)20(16-8-4-2-5-9-16)21(23)17-10-6-3-7-11-17/h2-14,20-23H,1H3/t20-,21-/m0/s1. The van der Waals surface area contributed by atoms with Gasteiger partial charge < -0.3 is 10.2 Å². The van der Waals surface area contributed by atoms with Gasteiger partial charge in [-0.2, -0.15) is 0 Å². The van der Waals surface area contributed by atoms with Gasteiger partial charge in [-0.1, -0.05) is 78.4 Å². The van der Waals surface area contributed by atoms with Gasteiger partial charge in [0.25, 0.3) is 0 Å². The fourth-order valence-electron chi connectivity index (χ4n) is 2.96. The van der Waals surface area contributed by atoms with Crippen LogP contribution in [-0.2, 0) is 0 Å². The highest BCUT2D eigenvalue weighted by Crippen LogP contribution is 2.40. The molecule has 0 aliphatic heterocycles. The summed E-state index contributed by atoms with van der Waals surface area (Å²) in [7, 11) is 0. The first-order valence-electron chi connectivity index (χ1n) is 7.74. The maximum absolute atomic E-state index is 11.0. The summed E-state index contributed by atoms with van der Waals surface area (Å²) in [6.45, 7) is 1.99. The molecule has 0 saturated carbocycles. The van der Waals surface area contributed by atoms with Crippen molar-refractivity contribution >= 4 is 0 Å². The summed E-state index contributed by atoms with van der Waals surface area (Å²) in [5, 5.41) is 21.3. The van der Waals surface area contributed by atoms with Crippen LogP contribution < -0.4 is 0 Å². The number of aryl methyl sites for hydroxylation is 1. The van der Waals surface area contributed by atoms with Gasteiger partial charge in [-0.15, -0.1) is 0 Å². The second kappa shape index (κ2) is 6.67. The molecule has 0 spiro atoms. The van der Waals surface area contributed by atoms with E-state index in [-0.39, 0.29) is 11.7 Å². The lowest BCUT2D eigenvalue weighted by Crippen LogP contribution is -2.13. The third-order valence-electron chi connectivity index (χ3n) is 4.13. The van der Waals surface area contributed by atoms with Crippen molar-refractivity contribution in [3.8, 4) is 5.75 Å². The minimum atomic E-state index is -0.730. The van der Waals surface area contributed by atoms with E-state index < -0.39 is 6.10 Å². The summed E-state index contributed by atoms with van der Waals surface area (Å²) in [5.74, 6) is -0.113. The van der Waals surface area contributed by atoms with E-state index in [1.165, 1.54) is 0 Å². The predicted octanol–water partition coefficient (Wildman–Crippen LogP) is 4.57. The third kappa shape index (κ3) is 3.27. The fraction of sp³-hybridized carbons (Fsp3) is 0.143. The van der Waals surface area contributed by atoms with Crippen LogP contribution in [0.2, 0.25) is 0 Å². The van der Waals surface area contributed by atoms with Crippen molar-refractivity contribution in [3.63, 3.8) is 0 Å². The van der Waals surface area contributed by atoms with E-state index in [0.717, 1.165) is 22.3 Å². The molecular weight excluding hydrogens is 284 g/mol. The van der Waals surface area contributed by atoms with Gasteiger partial charge >= 0.3 is 0 Å². The molecule has 0 aliphatic carbocycles. The average Bonchev–Trinajstić information content (AvgIpc) is 2.60. The summed E-state index contributed by atoms with van der Waals surface area (Å²) >= 11 is 0. The van der Waals surface area contributed by atoms with Gasteiger partial charge in [0.1, 0.15) is 5.75 Å². The van der Waals surface area contributed by atoms with Gasteiger partial charge in [0, 0.05) is 11.5 Å². The van der Waals surface area contributed by atoms with Gasteiger partial charge in [-0.05, 0) is 24.1 Å². The fourth-order valence-corrected chi connectivity index (χ4v) is 2.96. The second-order valence-corrected chi connectivity index (χ2v) is 5.81. The zero-order valence-electron chi connectivity index (χ0n) is 13.1. The molecule has 3 aromatic rings. The Labute approximate surface area is 136 Å². The average molecular weight is 304 g/mol. The van der Waals surface area contributed by atoms with E-state index in [9.17, 15) is 10.2 Å². The highest BCUT2D eigenvalue weighted by molar-refractivity contribution is 5.45. The zero-order valence-corrected chi connectivity index (χ0v) is 13.1. The summed E-state index contributed by atoms with van der Waals surface area (Å²) < 4.78 is 0. The molecule has 0 heterocycles. The summed E-state index contributed by atoms with van der Waals surface area (Å²) in [5.41, 5.74) is 3.61. The van der Waals surface area contributed by atoms with Gasteiger partial charge in [-0.3, -0.25) is 0 Å². The third-order valence-corrected chi connectivity index (χ3v) is 4.13. The number of aliphatic hydroxyl groups is 1. The van der Waals surface area contributed by atoms with Gasteiger partial charge in [0.05, 0.1) is 6.10 Å². The van der Waals surface area contributed by atoms with Gasteiger partial charge in [-0.25, -0.2) is 0 Å². The van der Waals surface area contributed by atoms with Crippen molar-refractivity contribution in [3.05, 3.63) is 101 Å². The Morgan fingerprint density at radius 1 is 0.739 bits per heavy atom. The topological polar surface area (TPSA) is 40.5 Å². The number of benzene rings is 3. The molecule has 0 bridgehead atoms. The van der Waals surface area contributed by atoms with Crippen LogP contribution in [0.15, 0.2) is 78.9 Å². The number of aromatic hydroxyl groups is 1. The van der Waals surface area contributed by atoms with Crippen molar-refractivity contribution in [2.45, 2.75) is 18.9 Å². The van der Waals surface area contributed by atoms with Crippen molar-refractivity contribution in [1.82, 2.24) is 0 Å². The van der Waals surface area contributed by atoms with Crippen molar-refractivity contribution < 1.29 is 10.2 Å². The normalized spacial score (nSPS) is 13.5. The van der Waals surface area contributed by atoms with Crippen LogP contribution in [0.25, 0.3) is 0 Å². The van der Waals surface area contributed by atoms with Gasteiger partial charge in [0.2, 0.25) is 0 Å². The smallest absolute Gasteiger partial charge is 0.119 e. The number of rotatable bonds is 4. The quantitative estimate of drug-likeness (QED) is 0.741. The lowest BCUT2D eigenvalue weighted by Gasteiger charge is -2.25. The van der Waals surface area contributed by atoms with Crippen LogP contribution in [0.4, 0.5) is 0 Å². The molecule has 0 unspecified atom stereocenters. The molecule has 0 radical (unpaired) electrons. The number of hydrogen-bond acceptors (Lipinski definition) is 2. The van der Waals surface area contributed by atoms with E-state index in [0.29, 0.717) is 0 Å². The number of hydrogen-bond donors (Lipinski definition) is 2. The van der Waals surface area contributed by atoms with Crippen LogP contribution in [-0.4, -0.2) is 10.2 Å². The number of phenolic OH excluding ortho intramolecular Hbond substituents is 1. The van der Waals surface area contributed by atoms with E-state index in [1.807, 2.05) is 79.7 Å². The minimum absolute atomic E-state index is 0.208. The molecule has 2 atom stereocenters. The molecule has 3 rings (SSSR count). The Morgan fingerprint density at radius 2 is 1.30 bits per heavy atom. The molecule has 0 aromatic heterocycles. The molecule has 3 aromatic carbocycles. The van der Waals surface area contributed by atoms with Crippen LogP contribution in [0.5, 0.6) is 5.75 Å². The number of phenols is 1. The molecule has 0 aliphatic rings. The zero-order chi connectivity index (χ0) is 16.2. The Morgan fingerprint density at radius 3 is 1.91 bits per heavy atom. The highest BCUT2D eigenvalue weighted by atomic mass is 16.3. The molecule has 0 fully saturated rings. The SMILES string of the molecule is Cc1ccc(O)c([C@H](c2ccccc2)[C@@H](O)c2ccccc2)c1. The molecular formula is C21H20O2. The minimum Gasteiger partial charge on any atom is -0.508 e. The number of aliphatic hydroxyl groups excluding tert-OH is 1. The van der Waals surface area contributed by atoms with E-state index in [2.05, 4.69) is 0 Å². The van der Waals surface area contributed by atoms with Crippen LogP contribution in [0, 0.1) is 6.92 Å². The largest absolute Gasteiger partial charge is 0.508 e. The maximum Gasteiger partial charge on any atom is 0.119 e. The summed E-state index contributed by atoms with van der Waals surface area (Å²) in [4.78, 5) is 0. The maximum atomic E-state index is 11.0. The molecule has 0 amide bonds. The summed E-state index contributed by atoms with van der Waals surface area (Å²) in [6.07, 6.45) is -0.730. The predicted molar refractivity (Wildman–Crippen MR) is 92.5 cm³/mol. The van der Waals surface area contributed by atoms with Crippen molar-refractivity contribution in [2.24, 2.45) is 0 Å².